The van der Waals surface area contributed by atoms with Crippen LogP contribution < -0.4 is 0 Å². The summed E-state index contributed by atoms with van der Waals surface area (Å²) in [7, 11) is 0. The van der Waals surface area contributed by atoms with Gasteiger partial charge in [0.2, 0.25) is 0 Å². The molecule has 0 bridgehead atoms. The van der Waals surface area contributed by atoms with Crippen LogP contribution in [0, 0.1) is 0 Å². The molecule has 1 aromatic carbocycles. The van der Waals surface area contributed by atoms with E-state index in [-0.39, 0.29) is 5.69 Å². The zero-order chi connectivity index (χ0) is 14.1. The van der Waals surface area contributed by atoms with E-state index < -0.39 is 5.97 Å². The van der Waals surface area contributed by atoms with Crippen LogP contribution in [0.2, 0.25) is 5.02 Å². The lowest BCUT2D eigenvalue weighted by molar-refractivity contribution is 0.0690. The van der Waals surface area contributed by atoms with Gasteiger partial charge in [0, 0.05) is 16.3 Å². The van der Waals surface area contributed by atoms with E-state index in [2.05, 4.69) is 10.2 Å². The van der Waals surface area contributed by atoms with E-state index in [0.717, 1.165) is 22.8 Å². The first-order valence-electron chi connectivity index (χ1n) is 6.31. The second kappa shape index (κ2) is 5.50. The topological polar surface area (TPSA) is 66.0 Å². The van der Waals surface area contributed by atoms with Crippen molar-refractivity contribution < 1.29 is 9.90 Å². The number of H-pyrrole nitrogens is 1. The Morgan fingerprint density at radius 1 is 1.45 bits per heavy atom. The van der Waals surface area contributed by atoms with Crippen LogP contribution in [0.5, 0.6) is 0 Å². The van der Waals surface area contributed by atoms with Crippen LogP contribution in [-0.2, 0) is 0 Å². The second-order valence-electron chi connectivity index (χ2n) is 4.77. The molecule has 20 heavy (non-hydrogen) atoms. The van der Waals surface area contributed by atoms with E-state index in [9.17, 15) is 4.79 Å². The number of halogens is 1. The number of hydrogen-bond donors (Lipinski definition) is 2. The fourth-order valence-corrected chi connectivity index (χ4v) is 3.96. The summed E-state index contributed by atoms with van der Waals surface area (Å²) in [6, 6.07) is 7.36. The highest BCUT2D eigenvalue weighted by molar-refractivity contribution is 7.99. The molecule has 1 atom stereocenters. The number of hydrogen-bond acceptors (Lipinski definition) is 3. The Labute approximate surface area is 125 Å². The molecule has 4 nitrogen and oxygen atoms in total. The van der Waals surface area contributed by atoms with Gasteiger partial charge < -0.3 is 5.11 Å². The molecule has 6 heteroatoms. The summed E-state index contributed by atoms with van der Waals surface area (Å²) in [5, 5.41) is 16.1. The zero-order valence-corrected chi connectivity index (χ0v) is 12.2. The molecule has 0 saturated carbocycles. The number of nitrogens with zero attached hydrogens (tertiary/aromatic N) is 1. The molecule has 2 N–H and O–H groups in total. The highest BCUT2D eigenvalue weighted by Crippen LogP contribution is 2.37. The van der Waals surface area contributed by atoms with Crippen molar-refractivity contribution in [1.82, 2.24) is 10.2 Å². The van der Waals surface area contributed by atoms with E-state index in [1.807, 2.05) is 30.0 Å². The summed E-state index contributed by atoms with van der Waals surface area (Å²) >= 11 is 8.32. The maximum absolute atomic E-state index is 10.8. The van der Waals surface area contributed by atoms with Gasteiger partial charge in [-0.05, 0) is 35.8 Å². The molecule has 104 valence electrons. The molecule has 1 fully saturated rings. The largest absolute Gasteiger partial charge is 0.477 e. The zero-order valence-electron chi connectivity index (χ0n) is 10.6. The first kappa shape index (κ1) is 13.5. The summed E-state index contributed by atoms with van der Waals surface area (Å²) in [5.74, 6) is 1.80. The van der Waals surface area contributed by atoms with Gasteiger partial charge in [0.25, 0.3) is 0 Å². The van der Waals surface area contributed by atoms with Crippen LogP contribution in [-0.4, -0.2) is 32.8 Å². The fraction of sp³-hybridized carbons (Fsp3) is 0.286. The van der Waals surface area contributed by atoms with Crippen molar-refractivity contribution in [3.8, 4) is 11.3 Å². The third-order valence-electron chi connectivity index (χ3n) is 3.47. The van der Waals surface area contributed by atoms with Crippen molar-refractivity contribution in [3.05, 3.63) is 40.5 Å². The Bertz CT molecular complexity index is 650. The third-order valence-corrected chi connectivity index (χ3v) is 4.96. The average molecular weight is 309 g/mol. The summed E-state index contributed by atoms with van der Waals surface area (Å²) in [6.07, 6.45) is 1.16. The molecule has 1 aliphatic heterocycles. The number of aromatic amines is 1. The summed E-state index contributed by atoms with van der Waals surface area (Å²) in [5.41, 5.74) is 2.67. The summed E-state index contributed by atoms with van der Waals surface area (Å²) in [6.45, 7) is 0. The first-order chi connectivity index (χ1) is 9.65. The normalized spacial score (nSPS) is 18.4. The molecule has 1 unspecified atom stereocenters. The van der Waals surface area contributed by atoms with Crippen molar-refractivity contribution in [2.45, 2.75) is 12.3 Å². The molecule has 0 aliphatic carbocycles. The lowest BCUT2D eigenvalue weighted by atomic mass is 9.97. The van der Waals surface area contributed by atoms with Crippen LogP contribution in [0.15, 0.2) is 24.3 Å². The molecule has 0 radical (unpaired) electrons. The van der Waals surface area contributed by atoms with Gasteiger partial charge in [-0.2, -0.15) is 16.9 Å². The molecule has 2 heterocycles. The predicted molar refractivity (Wildman–Crippen MR) is 80.7 cm³/mol. The molecule has 3 rings (SSSR count). The molecule has 1 saturated heterocycles. The second-order valence-corrected chi connectivity index (χ2v) is 6.33. The number of aromatic nitrogens is 2. The molecular formula is C14H13ClN2O2S. The maximum atomic E-state index is 10.8. The van der Waals surface area contributed by atoms with Crippen LogP contribution >= 0.6 is 23.4 Å². The van der Waals surface area contributed by atoms with Crippen LogP contribution in [0.4, 0.5) is 0 Å². The molecule has 0 spiro atoms. The van der Waals surface area contributed by atoms with Gasteiger partial charge in [0.15, 0.2) is 0 Å². The predicted octanol–water partition coefficient (Wildman–Crippen LogP) is 3.65. The molecule has 1 aromatic heterocycles. The number of carbonyl (C=O) groups is 1. The Morgan fingerprint density at radius 3 is 2.90 bits per heavy atom. The number of carboxylic acids is 1. The minimum absolute atomic E-state index is 0.0763. The van der Waals surface area contributed by atoms with Crippen LogP contribution in [0.1, 0.15) is 28.4 Å². The van der Waals surface area contributed by atoms with E-state index in [0.29, 0.717) is 11.6 Å². The van der Waals surface area contributed by atoms with Crippen LogP contribution in [0.25, 0.3) is 11.3 Å². The smallest absolute Gasteiger partial charge is 0.353 e. The highest BCUT2D eigenvalue weighted by Gasteiger charge is 2.20. The van der Waals surface area contributed by atoms with E-state index in [4.69, 9.17) is 16.7 Å². The molecule has 1 aliphatic rings. The number of aromatic carboxylic acids is 1. The van der Waals surface area contributed by atoms with Crippen molar-refractivity contribution in [1.29, 1.82) is 0 Å². The van der Waals surface area contributed by atoms with E-state index >= 15 is 0 Å². The van der Waals surface area contributed by atoms with E-state index in [1.165, 1.54) is 17.4 Å². The third kappa shape index (κ3) is 2.55. The number of carboxylic acid groups (broad SMARTS) is 1. The first-order valence-corrected chi connectivity index (χ1v) is 7.84. The van der Waals surface area contributed by atoms with Crippen molar-refractivity contribution in [3.63, 3.8) is 0 Å². The van der Waals surface area contributed by atoms with Gasteiger partial charge in [-0.25, -0.2) is 4.79 Å². The summed E-state index contributed by atoms with van der Waals surface area (Å²) < 4.78 is 0. The van der Waals surface area contributed by atoms with Gasteiger partial charge in [-0.15, -0.1) is 0 Å². The van der Waals surface area contributed by atoms with Crippen molar-refractivity contribution in [2.24, 2.45) is 0 Å². The molecule has 2 aromatic rings. The van der Waals surface area contributed by atoms with Gasteiger partial charge in [-0.1, -0.05) is 23.7 Å². The SMILES string of the molecule is O=C(O)c1cc(-c2ccc(C3CCSC3)c(Cl)c2)n[nH]1. The molecular weight excluding hydrogens is 296 g/mol. The standard InChI is InChI=1S/C14H13ClN2O2S/c15-11-5-8(12-6-13(14(18)19)17-16-12)1-2-10(11)9-3-4-20-7-9/h1-2,5-6,9H,3-4,7H2,(H,16,17)(H,18,19). The van der Waals surface area contributed by atoms with Gasteiger partial charge in [0.05, 0.1) is 5.69 Å². The Balaban J connectivity index is 1.90. The number of benzene rings is 1. The monoisotopic (exact) mass is 308 g/mol. The average Bonchev–Trinajstić information content (AvgIpc) is 3.10. The van der Waals surface area contributed by atoms with E-state index in [1.54, 1.807) is 0 Å². The quantitative estimate of drug-likeness (QED) is 0.908. The Kier molecular flexibility index (Phi) is 3.72. The summed E-state index contributed by atoms with van der Waals surface area (Å²) in [4.78, 5) is 10.8. The maximum Gasteiger partial charge on any atom is 0.353 e. The molecule has 0 amide bonds. The fourth-order valence-electron chi connectivity index (χ4n) is 2.38. The lowest BCUT2D eigenvalue weighted by Gasteiger charge is -2.11. The van der Waals surface area contributed by atoms with Gasteiger partial charge in [0.1, 0.15) is 5.69 Å². The van der Waals surface area contributed by atoms with Gasteiger partial charge >= 0.3 is 5.97 Å². The minimum atomic E-state index is -1.02. The Morgan fingerprint density at radius 2 is 2.30 bits per heavy atom. The van der Waals surface area contributed by atoms with Crippen molar-refractivity contribution in [2.75, 3.05) is 11.5 Å². The van der Waals surface area contributed by atoms with Crippen molar-refractivity contribution >= 4 is 29.3 Å². The van der Waals surface area contributed by atoms with Crippen LogP contribution in [0.3, 0.4) is 0 Å². The minimum Gasteiger partial charge on any atom is -0.477 e. The number of thioether (sulfide) groups is 1. The number of rotatable bonds is 3. The Hall–Kier alpha value is -1.46. The number of nitrogens with one attached hydrogen (secondary N) is 1. The highest BCUT2D eigenvalue weighted by atomic mass is 35.5. The lowest BCUT2D eigenvalue weighted by Crippen LogP contribution is -1.97. The van der Waals surface area contributed by atoms with Gasteiger partial charge in [-0.3, -0.25) is 5.10 Å².